The number of aromatic amines is 1. The van der Waals surface area contributed by atoms with E-state index in [-0.39, 0.29) is 22.8 Å². The number of nitrogens with zero attached hydrogens (tertiary/aromatic N) is 3. The Morgan fingerprint density at radius 1 is 0.774 bits per heavy atom. The van der Waals surface area contributed by atoms with Crippen LogP contribution in [0.5, 0.6) is 0 Å². The first-order valence-corrected chi connectivity index (χ1v) is 12.1. The second kappa shape index (κ2) is 11.1. The van der Waals surface area contributed by atoms with E-state index in [1.807, 2.05) is 18.2 Å². The number of hydrogen-bond donors (Lipinski definition) is 1. The van der Waals surface area contributed by atoms with Crippen LogP contribution >= 0.6 is 7.26 Å². The molecule has 0 saturated heterocycles. The Bertz CT molecular complexity index is 964. The summed E-state index contributed by atoms with van der Waals surface area (Å²) >= 11 is 0. The van der Waals surface area contributed by atoms with Crippen LogP contribution in [0.25, 0.3) is 0 Å². The minimum Gasteiger partial charge on any atom is -1.00 e. The third kappa shape index (κ3) is 5.33. The van der Waals surface area contributed by atoms with E-state index in [0.29, 0.717) is 24.8 Å². The molecule has 1 aromatic heterocycles. The van der Waals surface area contributed by atoms with E-state index in [1.165, 1.54) is 15.9 Å². The molecule has 0 radical (unpaired) electrons. The Labute approximate surface area is 193 Å². The molecule has 4 rings (SSSR count). The monoisotopic (exact) mass is 494 g/mol. The highest BCUT2D eigenvalue weighted by atomic mass is 79.9. The van der Waals surface area contributed by atoms with Crippen LogP contribution in [0.4, 0.5) is 0 Å². The van der Waals surface area contributed by atoms with Gasteiger partial charge in [-0.25, -0.2) is 0 Å². The Hall–Kier alpha value is -2.69. The summed E-state index contributed by atoms with van der Waals surface area (Å²) in [6, 6.07) is 31.5. The van der Waals surface area contributed by atoms with Gasteiger partial charge in [-0.15, -0.1) is 10.2 Å². The fraction of sp³-hybridized carbons (Fsp3) is 0.167. The molecule has 0 amide bonds. The predicted molar refractivity (Wildman–Crippen MR) is 122 cm³/mol. The van der Waals surface area contributed by atoms with Gasteiger partial charge >= 0.3 is 0 Å². The molecule has 4 aromatic rings. The van der Waals surface area contributed by atoms with Crippen LogP contribution in [0.3, 0.4) is 0 Å². The molecule has 3 aromatic carbocycles. The van der Waals surface area contributed by atoms with Crippen molar-refractivity contribution >= 4 is 29.0 Å². The van der Waals surface area contributed by atoms with Crippen LogP contribution in [-0.4, -0.2) is 32.6 Å². The third-order valence-corrected chi connectivity index (χ3v) is 9.62. The van der Waals surface area contributed by atoms with Crippen molar-refractivity contribution in [1.29, 1.82) is 0 Å². The molecule has 0 bridgehead atoms. The second-order valence-electron chi connectivity index (χ2n) is 7.19. The number of hydrogen-bond acceptors (Lipinski definition) is 4. The summed E-state index contributed by atoms with van der Waals surface area (Å²) in [6.45, 7) is 0. The number of carbonyl (C=O) groups excluding carboxylic acids is 1. The Morgan fingerprint density at radius 3 is 1.68 bits per heavy atom. The van der Waals surface area contributed by atoms with Crippen molar-refractivity contribution in [3.05, 3.63) is 96.8 Å². The van der Waals surface area contributed by atoms with Crippen molar-refractivity contribution in [2.75, 3.05) is 6.16 Å². The van der Waals surface area contributed by atoms with Crippen molar-refractivity contribution in [2.24, 2.45) is 0 Å². The molecule has 0 aliphatic rings. The molecule has 0 unspecified atom stereocenters. The topological polar surface area (TPSA) is 71.5 Å². The molecular weight excluding hydrogens is 471 g/mol. The number of aromatic nitrogens is 4. The zero-order chi connectivity index (χ0) is 20.7. The number of tetrazole rings is 1. The summed E-state index contributed by atoms with van der Waals surface area (Å²) in [5.74, 6) is 0.918. The lowest BCUT2D eigenvalue weighted by Crippen LogP contribution is -3.00. The van der Waals surface area contributed by atoms with Crippen LogP contribution in [0, 0.1) is 0 Å². The fourth-order valence-corrected chi connectivity index (χ4v) is 8.02. The van der Waals surface area contributed by atoms with E-state index >= 15 is 0 Å². The summed E-state index contributed by atoms with van der Waals surface area (Å²) in [7, 11) is -2.11. The molecule has 1 N–H and O–H groups in total. The zero-order valence-corrected chi connectivity index (χ0v) is 19.5. The fourth-order valence-electron chi connectivity index (χ4n) is 3.84. The van der Waals surface area contributed by atoms with Crippen molar-refractivity contribution in [1.82, 2.24) is 20.6 Å². The molecule has 0 saturated carbocycles. The van der Waals surface area contributed by atoms with Gasteiger partial charge in [0.25, 0.3) is 0 Å². The van der Waals surface area contributed by atoms with Gasteiger partial charge in [0, 0.05) is 12.8 Å². The van der Waals surface area contributed by atoms with Gasteiger partial charge < -0.3 is 17.0 Å². The van der Waals surface area contributed by atoms with Crippen LogP contribution in [0.1, 0.15) is 18.7 Å². The number of carbonyl (C=O) groups is 1. The molecule has 0 aliphatic carbocycles. The standard InChI is InChI=1S/C24H24N4OP.BrH/c29-20(11-10-18-24-25-27-28-26-24)19-30(21-12-4-1-5-13-21,22-14-6-2-7-15-22)23-16-8-3-9-17-23;/h1-9,12-17H,10-11,18-19H2,(H,25,26,27,28);1H/q+1;/p-1. The molecule has 1 heterocycles. The Morgan fingerprint density at radius 2 is 1.26 bits per heavy atom. The first-order chi connectivity index (χ1) is 14.8. The number of rotatable bonds is 9. The van der Waals surface area contributed by atoms with Gasteiger partial charge in [-0.1, -0.05) is 59.8 Å². The van der Waals surface area contributed by atoms with E-state index in [9.17, 15) is 4.79 Å². The molecule has 7 heteroatoms. The van der Waals surface area contributed by atoms with Gasteiger partial charge in [-0.05, 0) is 42.8 Å². The van der Waals surface area contributed by atoms with E-state index in [4.69, 9.17) is 0 Å². The smallest absolute Gasteiger partial charge is 0.174 e. The van der Waals surface area contributed by atoms with Crippen molar-refractivity contribution < 1.29 is 21.8 Å². The van der Waals surface area contributed by atoms with E-state index in [0.717, 1.165) is 6.42 Å². The molecule has 158 valence electrons. The lowest BCUT2D eigenvalue weighted by atomic mass is 10.2. The van der Waals surface area contributed by atoms with Crippen LogP contribution in [0.15, 0.2) is 91.0 Å². The zero-order valence-electron chi connectivity index (χ0n) is 17.1. The van der Waals surface area contributed by atoms with Gasteiger partial charge in [0.1, 0.15) is 29.3 Å². The lowest BCUT2D eigenvalue weighted by molar-refractivity contribution is -0.116. The largest absolute Gasteiger partial charge is 1.00 e. The van der Waals surface area contributed by atoms with Crippen molar-refractivity contribution in [3.8, 4) is 0 Å². The average Bonchev–Trinajstić information content (AvgIpc) is 3.33. The molecule has 5 nitrogen and oxygen atoms in total. The third-order valence-electron chi connectivity index (χ3n) is 5.25. The first kappa shape index (κ1) is 23.0. The molecule has 0 spiro atoms. The Balaban J connectivity index is 0.00000272. The van der Waals surface area contributed by atoms with Crippen LogP contribution < -0.4 is 32.9 Å². The van der Waals surface area contributed by atoms with Gasteiger partial charge in [0.2, 0.25) is 0 Å². The van der Waals surface area contributed by atoms with Gasteiger partial charge in [-0.2, -0.15) is 5.21 Å². The molecule has 31 heavy (non-hydrogen) atoms. The van der Waals surface area contributed by atoms with E-state index < -0.39 is 7.26 Å². The van der Waals surface area contributed by atoms with Gasteiger partial charge in [0.05, 0.1) is 0 Å². The number of H-pyrrole nitrogens is 1. The number of halogens is 1. The van der Waals surface area contributed by atoms with Crippen molar-refractivity contribution in [3.63, 3.8) is 0 Å². The maximum atomic E-state index is 13.3. The van der Waals surface area contributed by atoms with Crippen LogP contribution in [0.2, 0.25) is 0 Å². The highest BCUT2D eigenvalue weighted by molar-refractivity contribution is 7.96. The maximum absolute atomic E-state index is 13.3. The molecular formula is C24H24BrN4OP. The minimum atomic E-state index is -2.11. The number of Topliss-reactive ketones (excluding diaryl/α,β-unsaturated/α-hetero) is 1. The Kier molecular flexibility index (Phi) is 8.21. The highest BCUT2D eigenvalue weighted by Gasteiger charge is 2.46. The van der Waals surface area contributed by atoms with Gasteiger partial charge in [0.15, 0.2) is 11.6 Å². The summed E-state index contributed by atoms with van der Waals surface area (Å²) in [6.07, 6.45) is 2.38. The normalized spacial score (nSPS) is 11.0. The van der Waals surface area contributed by atoms with Crippen LogP contribution in [-0.2, 0) is 11.2 Å². The number of nitrogens with one attached hydrogen (secondary N) is 1. The SMILES string of the molecule is O=C(CCCc1nn[nH]n1)C[P+](c1ccccc1)(c1ccccc1)c1ccccc1.[Br-]. The quantitative estimate of drug-likeness (QED) is 0.335. The minimum absolute atomic E-state index is 0. The average molecular weight is 495 g/mol. The summed E-state index contributed by atoms with van der Waals surface area (Å²) in [4.78, 5) is 13.3. The van der Waals surface area contributed by atoms with Gasteiger partial charge in [-0.3, -0.25) is 4.79 Å². The summed E-state index contributed by atoms with van der Waals surface area (Å²) < 4.78 is 0. The predicted octanol–water partition coefficient (Wildman–Crippen LogP) is 0.0896. The van der Waals surface area contributed by atoms with Crippen molar-refractivity contribution in [2.45, 2.75) is 19.3 Å². The summed E-state index contributed by atoms with van der Waals surface area (Å²) in [5, 5.41) is 17.7. The highest BCUT2D eigenvalue weighted by Crippen LogP contribution is 2.55. The first-order valence-electron chi connectivity index (χ1n) is 10.1. The number of aryl methyl sites for hydroxylation is 1. The maximum Gasteiger partial charge on any atom is 0.174 e. The van der Waals surface area contributed by atoms with E-state index in [1.54, 1.807) is 0 Å². The summed E-state index contributed by atoms with van der Waals surface area (Å²) in [5.41, 5.74) is 0. The molecule has 0 aliphatic heterocycles. The second-order valence-corrected chi connectivity index (χ2v) is 10.7. The number of ketones is 1. The van der Waals surface area contributed by atoms with E-state index in [2.05, 4.69) is 93.4 Å². The molecule has 0 fully saturated rings. The molecule has 0 atom stereocenters. The number of benzene rings is 3. The lowest BCUT2D eigenvalue weighted by Gasteiger charge is -2.27.